The van der Waals surface area contributed by atoms with Crippen molar-refractivity contribution in [2.45, 2.75) is 31.7 Å². The minimum atomic E-state index is 0.215. The lowest BCUT2D eigenvalue weighted by molar-refractivity contribution is -0.140. The van der Waals surface area contributed by atoms with Crippen LogP contribution in [0.1, 0.15) is 31.2 Å². The van der Waals surface area contributed by atoms with Gasteiger partial charge in [0, 0.05) is 32.2 Å². The predicted octanol–water partition coefficient (Wildman–Crippen LogP) is 3.04. The summed E-state index contributed by atoms with van der Waals surface area (Å²) in [4.78, 5) is 17.4. The van der Waals surface area contributed by atoms with E-state index >= 15 is 0 Å². The van der Waals surface area contributed by atoms with E-state index < -0.39 is 0 Å². The topological polar surface area (TPSA) is 32.8 Å². The fraction of sp³-hybridized carbons (Fsp3) is 0.571. The molecule has 0 aromatic heterocycles. The fourth-order valence-electron chi connectivity index (χ4n) is 4.15. The maximum Gasteiger partial charge on any atom is 0.227 e. The van der Waals surface area contributed by atoms with Crippen LogP contribution in [-0.4, -0.2) is 55.0 Å². The van der Waals surface area contributed by atoms with E-state index in [1.54, 1.807) is 7.11 Å². The maximum atomic E-state index is 12.7. The molecule has 3 saturated heterocycles. The number of hydrogen-bond acceptors (Lipinski definition) is 3. The summed E-state index contributed by atoms with van der Waals surface area (Å²) in [5.41, 5.74) is 1.19. The van der Waals surface area contributed by atoms with Gasteiger partial charge in [-0.1, -0.05) is 24.3 Å². The first kappa shape index (κ1) is 16.6. The van der Waals surface area contributed by atoms with E-state index in [2.05, 4.69) is 34.1 Å². The van der Waals surface area contributed by atoms with Gasteiger partial charge in [-0.3, -0.25) is 9.69 Å². The van der Waals surface area contributed by atoms with Crippen LogP contribution < -0.4 is 4.74 Å². The second kappa shape index (κ2) is 7.20. The van der Waals surface area contributed by atoms with Crippen molar-refractivity contribution in [3.8, 4) is 5.75 Å². The van der Waals surface area contributed by atoms with Crippen LogP contribution in [0.3, 0.4) is 0 Å². The average Bonchev–Trinajstić information content (AvgIpc) is 3.46. The van der Waals surface area contributed by atoms with Crippen LogP contribution in [0.25, 0.3) is 6.08 Å². The van der Waals surface area contributed by atoms with Gasteiger partial charge in [0.2, 0.25) is 5.91 Å². The van der Waals surface area contributed by atoms with E-state index in [4.69, 9.17) is 4.74 Å². The van der Waals surface area contributed by atoms with E-state index in [0.29, 0.717) is 11.9 Å². The molecule has 5 rings (SSSR count). The number of benzene rings is 1. The molecule has 3 heterocycles. The highest BCUT2D eigenvalue weighted by Crippen LogP contribution is 2.35. The Kier molecular flexibility index (Phi) is 4.80. The van der Waals surface area contributed by atoms with E-state index in [1.807, 2.05) is 12.1 Å². The van der Waals surface area contributed by atoms with Crippen LogP contribution in [0.4, 0.5) is 0 Å². The molecular weight excluding hydrogens is 312 g/mol. The molecule has 25 heavy (non-hydrogen) atoms. The summed E-state index contributed by atoms with van der Waals surface area (Å²) in [6.07, 6.45) is 9.27. The minimum Gasteiger partial charge on any atom is -0.497 e. The molecule has 0 radical (unpaired) electrons. The van der Waals surface area contributed by atoms with Crippen LogP contribution in [0, 0.1) is 11.8 Å². The first-order chi connectivity index (χ1) is 12.2. The number of rotatable bonds is 6. The van der Waals surface area contributed by atoms with Gasteiger partial charge in [0.15, 0.2) is 0 Å². The number of ether oxygens (including phenoxy) is 1. The van der Waals surface area contributed by atoms with Gasteiger partial charge in [-0.15, -0.1) is 0 Å². The number of carbonyl (C=O) groups is 1. The van der Waals surface area contributed by atoms with Crippen molar-refractivity contribution in [1.29, 1.82) is 0 Å². The molecule has 1 amide bonds. The summed E-state index contributed by atoms with van der Waals surface area (Å²) >= 11 is 0. The summed E-state index contributed by atoms with van der Waals surface area (Å²) in [6.45, 7) is 3.88. The number of piperidine rings is 1. The number of methoxy groups -OCH3 is 1. The molecule has 134 valence electrons. The van der Waals surface area contributed by atoms with Crippen molar-refractivity contribution >= 4 is 12.0 Å². The molecule has 0 N–H and O–H groups in total. The normalized spacial score (nSPS) is 27.1. The molecule has 1 aromatic carbocycles. The van der Waals surface area contributed by atoms with Crippen LogP contribution in [0.5, 0.6) is 5.75 Å². The van der Waals surface area contributed by atoms with Gasteiger partial charge in [-0.25, -0.2) is 0 Å². The SMILES string of the molecule is COc1ccc(C=CCN2C[C@@H]3CC[C@H](C2)N(CC2CC2)C3=O)cc1. The summed E-state index contributed by atoms with van der Waals surface area (Å²) < 4.78 is 5.20. The highest BCUT2D eigenvalue weighted by molar-refractivity contribution is 5.80. The van der Waals surface area contributed by atoms with Crippen molar-refractivity contribution in [2.24, 2.45) is 11.8 Å². The summed E-state index contributed by atoms with van der Waals surface area (Å²) in [7, 11) is 1.69. The van der Waals surface area contributed by atoms with Crippen molar-refractivity contribution in [3.05, 3.63) is 35.9 Å². The summed E-state index contributed by atoms with van der Waals surface area (Å²) in [5, 5.41) is 0. The smallest absolute Gasteiger partial charge is 0.227 e. The number of carbonyl (C=O) groups excluding carboxylic acids is 1. The Morgan fingerprint density at radius 3 is 2.64 bits per heavy atom. The van der Waals surface area contributed by atoms with Crippen LogP contribution >= 0.6 is 0 Å². The molecule has 2 bridgehead atoms. The highest BCUT2D eigenvalue weighted by Gasteiger charge is 2.42. The molecular formula is C21H28N2O2. The second-order valence-corrected chi connectivity index (χ2v) is 7.76. The Morgan fingerprint density at radius 1 is 1.12 bits per heavy atom. The number of amides is 1. The monoisotopic (exact) mass is 340 g/mol. The summed E-state index contributed by atoms with van der Waals surface area (Å²) in [5.74, 6) is 2.30. The number of fused-ring (bicyclic) bond motifs is 4. The second-order valence-electron chi connectivity index (χ2n) is 7.76. The van der Waals surface area contributed by atoms with E-state index in [9.17, 15) is 4.79 Å². The van der Waals surface area contributed by atoms with Gasteiger partial charge in [-0.05, 0) is 49.3 Å². The van der Waals surface area contributed by atoms with Crippen molar-refractivity contribution < 1.29 is 9.53 Å². The highest BCUT2D eigenvalue weighted by atomic mass is 16.5. The molecule has 0 spiro atoms. The van der Waals surface area contributed by atoms with Crippen LogP contribution in [0.15, 0.2) is 30.3 Å². The zero-order valence-corrected chi connectivity index (χ0v) is 15.1. The molecule has 3 aliphatic heterocycles. The third kappa shape index (κ3) is 3.90. The predicted molar refractivity (Wildman–Crippen MR) is 99.4 cm³/mol. The lowest BCUT2D eigenvalue weighted by atomic mass is 9.94. The third-order valence-electron chi connectivity index (χ3n) is 5.81. The van der Waals surface area contributed by atoms with Crippen molar-refractivity contribution in [3.63, 3.8) is 0 Å². The van der Waals surface area contributed by atoms with E-state index in [1.165, 1.54) is 24.8 Å². The lowest BCUT2D eigenvalue weighted by Crippen LogP contribution is -2.48. The van der Waals surface area contributed by atoms with E-state index in [0.717, 1.165) is 44.3 Å². The zero-order valence-electron chi connectivity index (χ0n) is 15.1. The molecule has 0 unspecified atom stereocenters. The first-order valence-electron chi connectivity index (χ1n) is 9.56. The maximum absolute atomic E-state index is 12.7. The van der Waals surface area contributed by atoms with E-state index in [-0.39, 0.29) is 5.92 Å². The molecule has 1 saturated carbocycles. The third-order valence-corrected chi connectivity index (χ3v) is 5.81. The summed E-state index contributed by atoms with van der Waals surface area (Å²) in [6, 6.07) is 8.55. The Hall–Kier alpha value is -1.81. The largest absolute Gasteiger partial charge is 0.497 e. The Labute approximate surface area is 150 Å². The van der Waals surface area contributed by atoms with Gasteiger partial charge in [0.25, 0.3) is 0 Å². The number of nitrogens with zero attached hydrogens (tertiary/aromatic N) is 2. The quantitative estimate of drug-likeness (QED) is 0.798. The molecule has 4 fully saturated rings. The fourth-order valence-corrected chi connectivity index (χ4v) is 4.15. The van der Waals surface area contributed by atoms with Crippen molar-refractivity contribution in [2.75, 3.05) is 33.3 Å². The van der Waals surface area contributed by atoms with Crippen molar-refractivity contribution in [1.82, 2.24) is 9.80 Å². The van der Waals surface area contributed by atoms with Gasteiger partial charge in [-0.2, -0.15) is 0 Å². The molecule has 1 aromatic rings. The first-order valence-corrected chi connectivity index (χ1v) is 9.56. The average molecular weight is 340 g/mol. The molecule has 4 heteroatoms. The zero-order chi connectivity index (χ0) is 17.2. The molecule has 4 nitrogen and oxygen atoms in total. The standard InChI is InChI=1S/C21H28N2O2/c1-25-20-10-6-16(7-11-20)3-2-12-22-14-18-8-9-19(15-22)23(21(18)24)13-17-4-5-17/h2-3,6-7,10-11,17-19H,4-5,8-9,12-15H2,1H3/t18-,19+/m0/s1. The molecule has 4 aliphatic rings. The minimum absolute atomic E-state index is 0.215. The molecule has 2 atom stereocenters. The van der Waals surface area contributed by atoms with Crippen LogP contribution in [0.2, 0.25) is 0 Å². The number of hydrogen-bond donors (Lipinski definition) is 0. The Balaban J connectivity index is 1.36. The van der Waals surface area contributed by atoms with Gasteiger partial charge < -0.3 is 9.64 Å². The van der Waals surface area contributed by atoms with Crippen LogP contribution in [-0.2, 0) is 4.79 Å². The molecule has 1 aliphatic carbocycles. The van der Waals surface area contributed by atoms with Gasteiger partial charge in [0.05, 0.1) is 13.0 Å². The Bertz CT molecular complexity index is 636. The lowest BCUT2D eigenvalue weighted by Gasteiger charge is -2.36. The van der Waals surface area contributed by atoms with Gasteiger partial charge >= 0.3 is 0 Å². The van der Waals surface area contributed by atoms with Gasteiger partial charge in [0.1, 0.15) is 5.75 Å². The Morgan fingerprint density at radius 2 is 1.92 bits per heavy atom.